The number of ether oxygens (including phenoxy) is 2. The molecular formula is C22H28ClNO3. The maximum Gasteiger partial charge on any atom is 0.261 e. The molecule has 0 saturated carbocycles. The van der Waals surface area contributed by atoms with Crippen LogP contribution in [0.15, 0.2) is 42.5 Å². The van der Waals surface area contributed by atoms with E-state index in [-0.39, 0.29) is 5.91 Å². The van der Waals surface area contributed by atoms with Crippen molar-refractivity contribution in [2.45, 2.75) is 46.1 Å². The Morgan fingerprint density at radius 1 is 1.11 bits per heavy atom. The molecule has 0 aromatic heterocycles. The van der Waals surface area contributed by atoms with Crippen molar-refractivity contribution >= 4 is 17.5 Å². The number of rotatable bonds is 10. The van der Waals surface area contributed by atoms with Crippen molar-refractivity contribution in [3.05, 3.63) is 58.6 Å². The third kappa shape index (κ3) is 6.79. The summed E-state index contributed by atoms with van der Waals surface area (Å²) < 4.78 is 11.3. The number of amides is 1. The zero-order chi connectivity index (χ0) is 19.6. The van der Waals surface area contributed by atoms with Gasteiger partial charge in [0.2, 0.25) is 0 Å². The molecule has 0 radical (unpaired) electrons. The minimum absolute atomic E-state index is 0.0863. The number of benzene rings is 2. The fraction of sp³-hybridized carbons (Fsp3) is 0.409. The maximum absolute atomic E-state index is 12.4. The Morgan fingerprint density at radius 3 is 2.44 bits per heavy atom. The monoisotopic (exact) mass is 389 g/mol. The van der Waals surface area contributed by atoms with Crippen molar-refractivity contribution in [3.63, 3.8) is 0 Å². The highest BCUT2D eigenvalue weighted by Gasteiger charge is 2.18. The predicted molar refractivity (Wildman–Crippen MR) is 110 cm³/mol. The first-order valence-corrected chi connectivity index (χ1v) is 9.83. The van der Waals surface area contributed by atoms with E-state index in [9.17, 15) is 4.79 Å². The fourth-order valence-corrected chi connectivity index (χ4v) is 2.83. The topological polar surface area (TPSA) is 47.6 Å². The predicted octanol–water partition coefficient (Wildman–Crippen LogP) is 4.95. The van der Waals surface area contributed by atoms with Gasteiger partial charge in [-0.2, -0.15) is 0 Å². The van der Waals surface area contributed by atoms with Crippen LogP contribution in [-0.2, 0) is 11.2 Å². The van der Waals surface area contributed by atoms with Crippen LogP contribution in [0.4, 0.5) is 0 Å². The molecule has 0 fully saturated rings. The first-order valence-electron chi connectivity index (χ1n) is 9.45. The second-order valence-corrected chi connectivity index (χ2v) is 6.80. The molecule has 27 heavy (non-hydrogen) atoms. The molecule has 2 aromatic carbocycles. The molecule has 0 aliphatic rings. The summed E-state index contributed by atoms with van der Waals surface area (Å²) >= 11 is 6.03. The van der Waals surface area contributed by atoms with E-state index in [1.807, 2.05) is 39.0 Å². The average molecular weight is 390 g/mol. The van der Waals surface area contributed by atoms with Gasteiger partial charge in [-0.25, -0.2) is 0 Å². The van der Waals surface area contributed by atoms with Gasteiger partial charge in [-0.15, -0.1) is 0 Å². The zero-order valence-electron chi connectivity index (χ0n) is 16.3. The van der Waals surface area contributed by atoms with Crippen LogP contribution in [0.25, 0.3) is 0 Å². The van der Waals surface area contributed by atoms with Gasteiger partial charge in [0.15, 0.2) is 6.10 Å². The Kier molecular flexibility index (Phi) is 8.46. The molecule has 0 aliphatic carbocycles. The van der Waals surface area contributed by atoms with Gasteiger partial charge >= 0.3 is 0 Å². The Labute approximate surface area is 166 Å². The first-order chi connectivity index (χ1) is 13.0. The highest BCUT2D eigenvalue weighted by Crippen LogP contribution is 2.22. The van der Waals surface area contributed by atoms with Crippen LogP contribution in [0.1, 0.15) is 37.8 Å². The second kappa shape index (κ2) is 10.8. The molecule has 0 heterocycles. The zero-order valence-corrected chi connectivity index (χ0v) is 17.0. The van der Waals surface area contributed by atoms with Gasteiger partial charge in [0.25, 0.3) is 5.91 Å². The standard InChI is InChI=1S/C22H28ClNO3/c1-4-21(27-19-12-13-20(23)16(3)15-19)22(25)24-14-6-7-17-8-10-18(11-9-17)26-5-2/h8-13,15,21H,4-7,14H2,1-3H3,(H,24,25)/t21-/m0/s1. The number of nitrogens with one attached hydrogen (secondary N) is 1. The van der Waals surface area contributed by atoms with Crippen molar-refractivity contribution < 1.29 is 14.3 Å². The van der Waals surface area contributed by atoms with E-state index < -0.39 is 6.10 Å². The number of carbonyl (C=O) groups excluding carboxylic acids is 1. The summed E-state index contributed by atoms with van der Waals surface area (Å²) in [5, 5.41) is 3.66. The van der Waals surface area contributed by atoms with Crippen molar-refractivity contribution in [1.29, 1.82) is 0 Å². The second-order valence-electron chi connectivity index (χ2n) is 6.40. The normalized spacial score (nSPS) is 11.7. The van der Waals surface area contributed by atoms with Crippen molar-refractivity contribution in [2.75, 3.05) is 13.2 Å². The maximum atomic E-state index is 12.4. The average Bonchev–Trinajstić information content (AvgIpc) is 2.67. The molecule has 0 bridgehead atoms. The lowest BCUT2D eigenvalue weighted by Crippen LogP contribution is -2.38. The molecule has 4 nitrogen and oxygen atoms in total. The van der Waals surface area contributed by atoms with E-state index in [0.717, 1.165) is 24.2 Å². The third-order valence-electron chi connectivity index (χ3n) is 4.25. The Balaban J connectivity index is 1.76. The Morgan fingerprint density at radius 2 is 1.81 bits per heavy atom. The Hall–Kier alpha value is -2.20. The molecule has 2 rings (SSSR count). The molecule has 0 saturated heterocycles. The van der Waals surface area contributed by atoms with Crippen molar-refractivity contribution in [3.8, 4) is 11.5 Å². The summed E-state index contributed by atoms with van der Waals surface area (Å²) in [6.45, 7) is 7.11. The number of hydrogen-bond donors (Lipinski definition) is 1. The number of hydrogen-bond acceptors (Lipinski definition) is 3. The molecule has 5 heteroatoms. The molecule has 1 amide bonds. The van der Waals surface area contributed by atoms with E-state index in [1.165, 1.54) is 5.56 Å². The third-order valence-corrected chi connectivity index (χ3v) is 4.67. The summed E-state index contributed by atoms with van der Waals surface area (Å²) in [4.78, 5) is 12.4. The largest absolute Gasteiger partial charge is 0.494 e. The van der Waals surface area contributed by atoms with E-state index in [0.29, 0.717) is 30.3 Å². The molecule has 2 aromatic rings. The smallest absolute Gasteiger partial charge is 0.261 e. The van der Waals surface area contributed by atoms with Gasteiger partial charge in [0, 0.05) is 11.6 Å². The fourth-order valence-electron chi connectivity index (χ4n) is 2.71. The SMILES string of the molecule is CCOc1ccc(CCCNC(=O)[C@H](CC)Oc2ccc(Cl)c(C)c2)cc1. The van der Waals surface area contributed by atoms with Crippen LogP contribution >= 0.6 is 11.6 Å². The van der Waals surface area contributed by atoms with Gasteiger partial charge in [0.1, 0.15) is 11.5 Å². The first kappa shape index (κ1) is 21.1. The van der Waals surface area contributed by atoms with Crippen LogP contribution in [0, 0.1) is 6.92 Å². The van der Waals surface area contributed by atoms with E-state index in [4.69, 9.17) is 21.1 Å². The van der Waals surface area contributed by atoms with E-state index >= 15 is 0 Å². The van der Waals surface area contributed by atoms with Gasteiger partial charge in [0.05, 0.1) is 6.61 Å². The van der Waals surface area contributed by atoms with Gasteiger partial charge in [-0.1, -0.05) is 30.7 Å². The molecule has 0 aliphatic heterocycles. The van der Waals surface area contributed by atoms with Gasteiger partial charge < -0.3 is 14.8 Å². The van der Waals surface area contributed by atoms with Crippen LogP contribution in [0.5, 0.6) is 11.5 Å². The lowest BCUT2D eigenvalue weighted by atomic mass is 10.1. The minimum atomic E-state index is -0.504. The van der Waals surface area contributed by atoms with Gasteiger partial charge in [-0.05, 0) is 74.6 Å². The Bertz CT molecular complexity index is 731. The van der Waals surface area contributed by atoms with Crippen molar-refractivity contribution in [1.82, 2.24) is 5.32 Å². The molecule has 0 unspecified atom stereocenters. The molecule has 146 valence electrons. The van der Waals surface area contributed by atoms with Crippen LogP contribution < -0.4 is 14.8 Å². The summed E-state index contributed by atoms with van der Waals surface area (Å²) in [5.41, 5.74) is 2.16. The van der Waals surface area contributed by atoms with Crippen molar-refractivity contribution in [2.24, 2.45) is 0 Å². The number of halogens is 1. The molecule has 0 spiro atoms. The molecular weight excluding hydrogens is 362 g/mol. The highest BCUT2D eigenvalue weighted by molar-refractivity contribution is 6.31. The van der Waals surface area contributed by atoms with Crippen LogP contribution in [0.3, 0.4) is 0 Å². The molecule has 1 N–H and O–H groups in total. The lowest BCUT2D eigenvalue weighted by molar-refractivity contribution is -0.128. The summed E-state index contributed by atoms with van der Waals surface area (Å²) in [6, 6.07) is 13.5. The van der Waals surface area contributed by atoms with E-state index in [2.05, 4.69) is 17.4 Å². The molecule has 1 atom stereocenters. The van der Waals surface area contributed by atoms with Crippen LogP contribution in [0.2, 0.25) is 5.02 Å². The van der Waals surface area contributed by atoms with Crippen LogP contribution in [-0.4, -0.2) is 25.2 Å². The quantitative estimate of drug-likeness (QED) is 0.584. The van der Waals surface area contributed by atoms with E-state index in [1.54, 1.807) is 12.1 Å². The minimum Gasteiger partial charge on any atom is -0.494 e. The van der Waals surface area contributed by atoms with Gasteiger partial charge in [-0.3, -0.25) is 4.79 Å². The summed E-state index contributed by atoms with van der Waals surface area (Å²) in [7, 11) is 0. The summed E-state index contributed by atoms with van der Waals surface area (Å²) in [6.07, 6.45) is 1.87. The summed E-state index contributed by atoms with van der Waals surface area (Å²) in [5.74, 6) is 1.46. The highest BCUT2D eigenvalue weighted by atomic mass is 35.5. The number of carbonyl (C=O) groups is 1. The lowest BCUT2D eigenvalue weighted by Gasteiger charge is -2.18. The number of aryl methyl sites for hydroxylation is 2.